The van der Waals surface area contributed by atoms with Gasteiger partial charge in [0.1, 0.15) is 10.3 Å². The average Bonchev–Trinajstić information content (AvgIpc) is 3.30. The molecule has 150 valence electrons. The van der Waals surface area contributed by atoms with E-state index in [2.05, 4.69) is 31.1 Å². The molecule has 0 unspecified atom stereocenters. The summed E-state index contributed by atoms with van der Waals surface area (Å²) in [5, 5.41) is 9.25. The molecule has 0 spiro atoms. The smallest absolute Gasteiger partial charge is 0.282 e. The largest absolute Gasteiger partial charge is 0.366 e. The molecule has 0 saturated heterocycles. The monoisotopic (exact) mass is 482 g/mol. The third-order valence-electron chi connectivity index (χ3n) is 4.45. The minimum Gasteiger partial charge on any atom is -0.366 e. The molecular weight excluding hydrogens is 470 g/mol. The molecule has 29 heavy (non-hydrogen) atoms. The van der Waals surface area contributed by atoms with E-state index >= 15 is 0 Å². The van der Waals surface area contributed by atoms with Gasteiger partial charge in [0, 0.05) is 35.3 Å². The van der Waals surface area contributed by atoms with Gasteiger partial charge >= 0.3 is 0 Å². The van der Waals surface area contributed by atoms with Gasteiger partial charge in [0.05, 0.1) is 29.0 Å². The lowest BCUT2D eigenvalue weighted by Gasteiger charge is -2.06. The fourth-order valence-corrected chi connectivity index (χ4v) is 3.92. The van der Waals surface area contributed by atoms with Crippen molar-refractivity contribution in [1.82, 2.24) is 24.5 Å². The molecule has 0 aliphatic carbocycles. The van der Waals surface area contributed by atoms with Crippen molar-refractivity contribution in [2.24, 2.45) is 12.8 Å². The van der Waals surface area contributed by atoms with Crippen LogP contribution in [-0.2, 0) is 13.6 Å². The van der Waals surface area contributed by atoms with Gasteiger partial charge in [-0.15, -0.1) is 0 Å². The van der Waals surface area contributed by atoms with Crippen molar-refractivity contribution in [3.05, 3.63) is 56.9 Å². The van der Waals surface area contributed by atoms with E-state index in [4.69, 9.17) is 17.3 Å². The van der Waals surface area contributed by atoms with Crippen LogP contribution in [0.3, 0.4) is 0 Å². The van der Waals surface area contributed by atoms with Gasteiger partial charge in [-0.1, -0.05) is 11.6 Å². The molecule has 4 rings (SSSR count). The van der Waals surface area contributed by atoms with Crippen LogP contribution in [-0.4, -0.2) is 30.5 Å². The number of alkyl halides is 2. The third kappa shape index (κ3) is 3.65. The number of carbonyl (C=O) groups is 1. The highest BCUT2D eigenvalue weighted by Crippen LogP contribution is 2.31. The Morgan fingerprint density at radius 2 is 2.07 bits per heavy atom. The number of fused-ring (bicyclic) bond motifs is 1. The summed E-state index contributed by atoms with van der Waals surface area (Å²) in [5.74, 6) is -0.613. The maximum absolute atomic E-state index is 13.3. The first-order chi connectivity index (χ1) is 13.7. The second-order valence-corrected chi connectivity index (χ2v) is 7.74. The molecule has 0 fully saturated rings. The van der Waals surface area contributed by atoms with Gasteiger partial charge in [-0.3, -0.25) is 14.2 Å². The Morgan fingerprint density at radius 1 is 1.31 bits per heavy atom. The van der Waals surface area contributed by atoms with E-state index in [1.165, 1.54) is 16.9 Å². The highest BCUT2D eigenvalue weighted by Gasteiger charge is 2.21. The van der Waals surface area contributed by atoms with Gasteiger partial charge in [0.15, 0.2) is 0 Å². The number of halogens is 4. The Hall–Kier alpha value is -2.72. The average molecular weight is 484 g/mol. The lowest BCUT2D eigenvalue weighted by molar-refractivity contribution is 0.100. The van der Waals surface area contributed by atoms with Crippen molar-refractivity contribution in [3.63, 3.8) is 0 Å². The summed E-state index contributed by atoms with van der Waals surface area (Å²) in [5.41, 5.74) is 7.58. The topological polar surface area (TPSA) is 94.5 Å². The summed E-state index contributed by atoms with van der Waals surface area (Å²) < 4.78 is 30.0. The number of aryl methyl sites for hydroxylation is 1. The molecule has 11 heteroatoms. The Bertz CT molecular complexity index is 1240. The number of carbonyl (C=O) groups excluding carboxylic acids is 1. The van der Waals surface area contributed by atoms with Crippen LogP contribution in [0.2, 0.25) is 5.02 Å². The van der Waals surface area contributed by atoms with E-state index in [0.717, 1.165) is 0 Å². The van der Waals surface area contributed by atoms with E-state index in [0.29, 0.717) is 37.5 Å². The van der Waals surface area contributed by atoms with E-state index in [1.807, 2.05) is 0 Å². The summed E-state index contributed by atoms with van der Waals surface area (Å²) in [4.78, 5) is 14.9. The Kier molecular flexibility index (Phi) is 4.91. The molecule has 0 bridgehead atoms. The Balaban J connectivity index is 1.82. The number of nitrogens with one attached hydrogen (secondary N) is 1. The second kappa shape index (κ2) is 7.27. The standard InChI is InChI=1S/C18H14BrClF2N6O/c1-27-6-9(16(26-27)17(21)22)7-28-13(5-14(19)25-28)12-3-8-2-10(20)4-11(18(23)29)15(8)24-12/h2-6,17,24H,7H2,1H3,(H2,23,29). The number of hydrogen-bond donors (Lipinski definition) is 2. The third-order valence-corrected chi connectivity index (χ3v) is 5.05. The van der Waals surface area contributed by atoms with Crippen LogP contribution >= 0.6 is 27.5 Å². The van der Waals surface area contributed by atoms with Crippen molar-refractivity contribution < 1.29 is 13.6 Å². The molecule has 3 N–H and O–H groups in total. The van der Waals surface area contributed by atoms with E-state index in [9.17, 15) is 13.6 Å². The summed E-state index contributed by atoms with van der Waals surface area (Å²) in [6.07, 6.45) is -1.15. The number of rotatable bonds is 5. The number of nitrogens with zero attached hydrogens (tertiary/aromatic N) is 4. The van der Waals surface area contributed by atoms with Crippen molar-refractivity contribution in [3.8, 4) is 11.4 Å². The first-order valence-electron chi connectivity index (χ1n) is 8.39. The highest BCUT2D eigenvalue weighted by atomic mass is 79.9. The van der Waals surface area contributed by atoms with Crippen LogP contribution in [0.1, 0.15) is 28.0 Å². The van der Waals surface area contributed by atoms with Gasteiger partial charge in [-0.05, 0) is 34.1 Å². The van der Waals surface area contributed by atoms with E-state index in [1.54, 1.807) is 29.9 Å². The quantitative estimate of drug-likeness (QED) is 0.444. The van der Waals surface area contributed by atoms with Crippen molar-refractivity contribution >= 4 is 44.3 Å². The van der Waals surface area contributed by atoms with Crippen molar-refractivity contribution in [1.29, 1.82) is 0 Å². The van der Waals surface area contributed by atoms with E-state index in [-0.39, 0.29) is 17.8 Å². The molecule has 0 saturated carbocycles. The zero-order chi connectivity index (χ0) is 20.9. The number of amides is 1. The van der Waals surface area contributed by atoms with Gasteiger partial charge < -0.3 is 10.7 Å². The molecule has 0 radical (unpaired) electrons. The summed E-state index contributed by atoms with van der Waals surface area (Å²) >= 11 is 9.42. The molecule has 1 amide bonds. The SMILES string of the molecule is Cn1cc(Cn2nc(Br)cc2-c2cc3cc(Cl)cc(C(N)=O)c3[nH]2)c(C(F)F)n1. The lowest BCUT2D eigenvalue weighted by atomic mass is 10.1. The zero-order valence-corrected chi connectivity index (χ0v) is 17.3. The van der Waals surface area contributed by atoms with Gasteiger partial charge in [0.2, 0.25) is 0 Å². The molecule has 4 aromatic rings. The normalized spacial score (nSPS) is 11.7. The number of hydrogen-bond acceptors (Lipinski definition) is 3. The second-order valence-electron chi connectivity index (χ2n) is 6.49. The van der Waals surface area contributed by atoms with Crippen molar-refractivity contribution in [2.45, 2.75) is 13.0 Å². The number of aromatic nitrogens is 5. The fraction of sp³-hybridized carbons (Fsp3) is 0.167. The maximum atomic E-state index is 13.3. The lowest BCUT2D eigenvalue weighted by Crippen LogP contribution is -2.11. The van der Waals surface area contributed by atoms with Crippen LogP contribution in [0.25, 0.3) is 22.3 Å². The first-order valence-corrected chi connectivity index (χ1v) is 9.56. The maximum Gasteiger partial charge on any atom is 0.282 e. The predicted octanol–water partition coefficient (Wildman–Crippen LogP) is 4.27. The molecular formula is C18H14BrClF2N6O. The number of primary amides is 1. The van der Waals surface area contributed by atoms with Crippen LogP contribution in [0.5, 0.6) is 0 Å². The number of H-pyrrole nitrogens is 1. The van der Waals surface area contributed by atoms with Crippen molar-refractivity contribution in [2.75, 3.05) is 0 Å². The summed E-state index contributed by atoms with van der Waals surface area (Å²) in [6, 6.07) is 6.74. The minimum atomic E-state index is -2.69. The summed E-state index contributed by atoms with van der Waals surface area (Å²) in [7, 11) is 1.59. The molecule has 7 nitrogen and oxygen atoms in total. The number of nitrogens with two attached hydrogens (primary N) is 1. The first kappa shape index (κ1) is 19.6. The predicted molar refractivity (Wildman–Crippen MR) is 108 cm³/mol. The molecule has 0 aliphatic heterocycles. The minimum absolute atomic E-state index is 0.0905. The molecule has 0 aliphatic rings. The Morgan fingerprint density at radius 3 is 2.76 bits per heavy atom. The van der Waals surface area contributed by atoms with Crippen LogP contribution in [0.4, 0.5) is 8.78 Å². The number of aromatic amines is 1. The van der Waals surface area contributed by atoms with Gasteiger partial charge in [-0.25, -0.2) is 8.78 Å². The van der Waals surface area contributed by atoms with Crippen LogP contribution in [0.15, 0.2) is 35.1 Å². The molecule has 3 heterocycles. The molecule has 1 aromatic carbocycles. The van der Waals surface area contributed by atoms with E-state index < -0.39 is 12.3 Å². The number of benzene rings is 1. The fourth-order valence-electron chi connectivity index (χ4n) is 3.28. The van der Waals surface area contributed by atoms with Gasteiger partial charge in [0.25, 0.3) is 12.3 Å². The highest BCUT2D eigenvalue weighted by molar-refractivity contribution is 9.10. The molecule has 3 aromatic heterocycles. The Labute approximate surface area is 176 Å². The molecule has 0 atom stereocenters. The van der Waals surface area contributed by atoms with Crippen LogP contribution in [0, 0.1) is 0 Å². The van der Waals surface area contributed by atoms with Gasteiger partial charge in [-0.2, -0.15) is 10.2 Å². The summed E-state index contributed by atoms with van der Waals surface area (Å²) in [6.45, 7) is 0.0905. The van der Waals surface area contributed by atoms with Crippen LogP contribution < -0.4 is 5.73 Å². The zero-order valence-electron chi connectivity index (χ0n) is 15.0.